The summed E-state index contributed by atoms with van der Waals surface area (Å²) in [6.07, 6.45) is 4.17. The third kappa shape index (κ3) is 4.81. The van der Waals surface area contributed by atoms with Crippen molar-refractivity contribution in [1.29, 1.82) is 0 Å². The van der Waals surface area contributed by atoms with Crippen molar-refractivity contribution in [3.05, 3.63) is 70.8 Å². The Morgan fingerprint density at radius 3 is 2.30 bits per heavy atom. The summed E-state index contributed by atoms with van der Waals surface area (Å²) in [5.41, 5.74) is 4.33. The van der Waals surface area contributed by atoms with Crippen LogP contribution >= 0.6 is 0 Å². The van der Waals surface area contributed by atoms with Crippen LogP contribution in [-0.4, -0.2) is 53.2 Å². The molecule has 30 heavy (non-hydrogen) atoms. The van der Waals surface area contributed by atoms with E-state index in [4.69, 9.17) is 0 Å². The predicted octanol–water partition coefficient (Wildman–Crippen LogP) is 4.18. The van der Waals surface area contributed by atoms with Gasteiger partial charge in [0.2, 0.25) is 0 Å². The van der Waals surface area contributed by atoms with Crippen molar-refractivity contribution in [3.63, 3.8) is 0 Å². The molecular formula is C26H32N2O2. The summed E-state index contributed by atoms with van der Waals surface area (Å²) in [6.45, 7) is 6.61. The van der Waals surface area contributed by atoms with Crippen molar-refractivity contribution in [2.24, 2.45) is 0 Å². The van der Waals surface area contributed by atoms with Crippen LogP contribution in [-0.2, 0) is 11.2 Å². The number of piperidine rings is 2. The van der Waals surface area contributed by atoms with Gasteiger partial charge in [-0.05, 0) is 50.8 Å². The smallest absolute Gasteiger partial charge is 0.254 e. The molecule has 2 aliphatic rings. The van der Waals surface area contributed by atoms with Gasteiger partial charge in [0.1, 0.15) is 5.78 Å². The summed E-state index contributed by atoms with van der Waals surface area (Å²) in [6, 6.07) is 17.3. The quantitative estimate of drug-likeness (QED) is 0.767. The molecule has 2 heterocycles. The SMILES string of the molecule is Cc1cc(C)cc(C(=O)N2CC[C@@H](N3CCC(=O)CC3)C[C@H]2Cc2ccccc2)c1. The minimum atomic E-state index is 0.148. The zero-order valence-corrected chi connectivity index (χ0v) is 18.1. The van der Waals surface area contributed by atoms with Crippen molar-refractivity contribution >= 4 is 11.7 Å². The first-order chi connectivity index (χ1) is 14.5. The van der Waals surface area contributed by atoms with E-state index in [2.05, 4.69) is 54.0 Å². The van der Waals surface area contributed by atoms with Gasteiger partial charge >= 0.3 is 0 Å². The third-order valence-electron chi connectivity index (χ3n) is 6.60. The van der Waals surface area contributed by atoms with Gasteiger partial charge in [-0.3, -0.25) is 14.5 Å². The van der Waals surface area contributed by atoms with Gasteiger partial charge in [0.25, 0.3) is 5.91 Å². The van der Waals surface area contributed by atoms with Crippen LogP contribution in [0.5, 0.6) is 0 Å². The van der Waals surface area contributed by atoms with Crippen molar-refractivity contribution in [1.82, 2.24) is 9.80 Å². The van der Waals surface area contributed by atoms with Crippen LogP contribution < -0.4 is 0 Å². The average molecular weight is 405 g/mol. The van der Waals surface area contributed by atoms with Crippen LogP contribution in [0.25, 0.3) is 0 Å². The predicted molar refractivity (Wildman–Crippen MR) is 120 cm³/mol. The molecule has 0 saturated carbocycles. The van der Waals surface area contributed by atoms with E-state index in [1.807, 2.05) is 18.2 Å². The van der Waals surface area contributed by atoms with E-state index in [0.29, 0.717) is 24.7 Å². The number of amides is 1. The fourth-order valence-electron chi connectivity index (χ4n) is 5.11. The van der Waals surface area contributed by atoms with Gasteiger partial charge < -0.3 is 4.90 Å². The lowest BCUT2D eigenvalue weighted by Crippen LogP contribution is -2.54. The molecule has 0 radical (unpaired) electrons. The Hall–Kier alpha value is -2.46. The van der Waals surface area contributed by atoms with Gasteiger partial charge in [0, 0.05) is 50.1 Å². The van der Waals surface area contributed by atoms with E-state index in [-0.39, 0.29) is 11.9 Å². The van der Waals surface area contributed by atoms with Crippen LogP contribution in [0.4, 0.5) is 0 Å². The number of carbonyl (C=O) groups is 2. The van der Waals surface area contributed by atoms with E-state index in [1.165, 1.54) is 5.56 Å². The maximum atomic E-state index is 13.5. The molecule has 0 aromatic heterocycles. The second-order valence-corrected chi connectivity index (χ2v) is 8.97. The van der Waals surface area contributed by atoms with E-state index >= 15 is 0 Å². The molecule has 0 bridgehead atoms. The summed E-state index contributed by atoms with van der Waals surface area (Å²) >= 11 is 0. The molecule has 4 heteroatoms. The number of ketones is 1. The molecule has 0 spiro atoms. The van der Waals surface area contributed by atoms with E-state index in [1.54, 1.807) is 0 Å². The van der Waals surface area contributed by atoms with Crippen molar-refractivity contribution in [2.45, 2.75) is 58.0 Å². The number of nitrogens with zero attached hydrogens (tertiary/aromatic N) is 2. The zero-order chi connectivity index (χ0) is 21.1. The Labute approximate surface area is 179 Å². The minimum Gasteiger partial charge on any atom is -0.335 e. The Bertz CT molecular complexity index is 878. The number of benzene rings is 2. The highest BCUT2D eigenvalue weighted by molar-refractivity contribution is 5.95. The molecule has 4 nitrogen and oxygen atoms in total. The first-order valence-corrected chi connectivity index (χ1v) is 11.2. The van der Waals surface area contributed by atoms with Crippen LogP contribution in [0.2, 0.25) is 0 Å². The van der Waals surface area contributed by atoms with E-state index in [9.17, 15) is 9.59 Å². The fourth-order valence-corrected chi connectivity index (χ4v) is 5.11. The van der Waals surface area contributed by atoms with Gasteiger partial charge in [-0.1, -0.05) is 47.5 Å². The number of rotatable bonds is 4. The maximum absolute atomic E-state index is 13.5. The van der Waals surface area contributed by atoms with Crippen LogP contribution in [0, 0.1) is 13.8 Å². The summed E-state index contributed by atoms with van der Waals surface area (Å²) in [5, 5.41) is 0. The highest BCUT2D eigenvalue weighted by Crippen LogP contribution is 2.28. The molecule has 2 aromatic carbocycles. The Kier molecular flexibility index (Phi) is 6.33. The largest absolute Gasteiger partial charge is 0.335 e. The Morgan fingerprint density at radius 2 is 1.63 bits per heavy atom. The normalized spacial score (nSPS) is 22.9. The summed E-state index contributed by atoms with van der Waals surface area (Å²) in [7, 11) is 0. The highest BCUT2D eigenvalue weighted by atomic mass is 16.2. The molecule has 2 atom stereocenters. The third-order valence-corrected chi connectivity index (χ3v) is 6.60. The van der Waals surface area contributed by atoms with Gasteiger partial charge in [-0.15, -0.1) is 0 Å². The number of aryl methyl sites for hydroxylation is 2. The van der Waals surface area contributed by atoms with Crippen LogP contribution in [0.1, 0.15) is 52.7 Å². The number of Topliss-reactive ketones (excluding diaryl/α,β-unsaturated/α-hetero) is 1. The standard InChI is InChI=1S/C26H32N2O2/c1-19-14-20(2)16-22(15-19)26(30)28-13-8-23(27-11-9-25(29)10-12-27)18-24(28)17-21-6-4-3-5-7-21/h3-7,14-16,23-24H,8-13,17-18H2,1-2H3/t23-,24-/m1/s1. The zero-order valence-electron chi connectivity index (χ0n) is 18.1. The summed E-state index contributed by atoms with van der Waals surface area (Å²) in [4.78, 5) is 29.8. The van der Waals surface area contributed by atoms with Crippen molar-refractivity contribution in [2.75, 3.05) is 19.6 Å². The number of carbonyl (C=O) groups excluding carboxylic acids is 2. The van der Waals surface area contributed by atoms with Crippen LogP contribution in [0.15, 0.2) is 48.5 Å². The molecule has 2 saturated heterocycles. The Morgan fingerprint density at radius 1 is 0.967 bits per heavy atom. The number of hydrogen-bond donors (Lipinski definition) is 0. The monoisotopic (exact) mass is 404 g/mol. The first-order valence-electron chi connectivity index (χ1n) is 11.2. The summed E-state index contributed by atoms with van der Waals surface area (Å²) in [5.74, 6) is 0.532. The lowest BCUT2D eigenvalue weighted by molar-refractivity contribution is -0.122. The van der Waals surface area contributed by atoms with Crippen LogP contribution in [0.3, 0.4) is 0 Å². The van der Waals surface area contributed by atoms with Gasteiger partial charge in [-0.2, -0.15) is 0 Å². The molecule has 2 aliphatic heterocycles. The second-order valence-electron chi connectivity index (χ2n) is 8.97. The molecule has 4 rings (SSSR count). The van der Waals surface area contributed by atoms with Crippen molar-refractivity contribution in [3.8, 4) is 0 Å². The van der Waals surface area contributed by atoms with E-state index < -0.39 is 0 Å². The van der Waals surface area contributed by atoms with E-state index in [0.717, 1.165) is 55.6 Å². The molecule has 1 amide bonds. The lowest BCUT2D eigenvalue weighted by atomic mass is 9.89. The topological polar surface area (TPSA) is 40.6 Å². The van der Waals surface area contributed by atoms with Gasteiger partial charge in [0.15, 0.2) is 0 Å². The number of likely N-dealkylation sites (tertiary alicyclic amines) is 2. The maximum Gasteiger partial charge on any atom is 0.254 e. The first kappa shape index (κ1) is 20.8. The van der Waals surface area contributed by atoms with Gasteiger partial charge in [-0.25, -0.2) is 0 Å². The molecular weight excluding hydrogens is 372 g/mol. The molecule has 2 aromatic rings. The molecule has 2 fully saturated rings. The highest BCUT2D eigenvalue weighted by Gasteiger charge is 2.35. The lowest BCUT2D eigenvalue weighted by Gasteiger charge is -2.44. The van der Waals surface area contributed by atoms with Crippen molar-refractivity contribution < 1.29 is 9.59 Å². The Balaban J connectivity index is 1.55. The fraction of sp³-hybridized carbons (Fsp3) is 0.462. The van der Waals surface area contributed by atoms with Gasteiger partial charge in [0.05, 0.1) is 0 Å². The minimum absolute atomic E-state index is 0.148. The number of hydrogen-bond acceptors (Lipinski definition) is 3. The molecule has 158 valence electrons. The average Bonchev–Trinajstić information content (AvgIpc) is 2.74. The molecule has 0 N–H and O–H groups in total. The summed E-state index contributed by atoms with van der Waals surface area (Å²) < 4.78 is 0. The second kappa shape index (κ2) is 9.13. The molecule has 0 unspecified atom stereocenters. The molecule has 0 aliphatic carbocycles.